The lowest BCUT2D eigenvalue weighted by Crippen LogP contribution is -2.50. The highest BCUT2D eigenvalue weighted by Gasteiger charge is 2.28. The minimum absolute atomic E-state index is 0. The summed E-state index contributed by atoms with van der Waals surface area (Å²) in [6.07, 6.45) is 0. The first-order valence-corrected chi connectivity index (χ1v) is 8.90. The summed E-state index contributed by atoms with van der Waals surface area (Å²) >= 11 is 5.73. The van der Waals surface area contributed by atoms with Gasteiger partial charge < -0.3 is 10.6 Å². The number of nitrogens with one attached hydrogen (secondary N) is 2. The Kier molecular flexibility index (Phi) is 7.12. The maximum atomic E-state index is 12.1. The second-order valence-electron chi connectivity index (χ2n) is 5.27. The molecule has 0 aromatic heterocycles. The molecule has 1 fully saturated rings. The van der Waals surface area contributed by atoms with Crippen molar-refractivity contribution in [3.8, 4) is 0 Å². The predicted molar refractivity (Wildman–Crippen MR) is 89.3 cm³/mol. The summed E-state index contributed by atoms with van der Waals surface area (Å²) in [5.74, 6) is 0.0471. The van der Waals surface area contributed by atoms with E-state index in [-0.39, 0.29) is 41.4 Å². The van der Waals surface area contributed by atoms with Crippen LogP contribution in [0.15, 0.2) is 29.2 Å². The third kappa shape index (κ3) is 4.84. The first kappa shape index (κ1) is 19.2. The maximum absolute atomic E-state index is 12.1. The Bertz CT molecular complexity index is 601. The van der Waals surface area contributed by atoms with Crippen LogP contribution >= 0.6 is 24.0 Å². The lowest BCUT2D eigenvalue weighted by atomic mass is 9.88. The van der Waals surface area contributed by atoms with E-state index in [2.05, 4.69) is 10.6 Å². The lowest BCUT2D eigenvalue weighted by Gasteiger charge is -2.31. The molecular formula is C14H20Cl2N2O3S. The number of sulfone groups is 1. The van der Waals surface area contributed by atoms with Gasteiger partial charge in [0.15, 0.2) is 9.84 Å². The van der Waals surface area contributed by atoms with Gasteiger partial charge in [-0.3, -0.25) is 4.79 Å². The fourth-order valence-corrected chi connectivity index (χ4v) is 3.39. The van der Waals surface area contributed by atoms with E-state index in [0.717, 1.165) is 13.1 Å². The van der Waals surface area contributed by atoms with Gasteiger partial charge in [-0.1, -0.05) is 18.5 Å². The van der Waals surface area contributed by atoms with Crippen molar-refractivity contribution >= 4 is 39.8 Å². The van der Waals surface area contributed by atoms with Crippen LogP contribution in [-0.4, -0.2) is 39.7 Å². The molecule has 2 rings (SSSR count). The van der Waals surface area contributed by atoms with Crippen LogP contribution in [0.25, 0.3) is 0 Å². The highest BCUT2D eigenvalue weighted by molar-refractivity contribution is 7.91. The first-order valence-electron chi connectivity index (χ1n) is 6.87. The van der Waals surface area contributed by atoms with Crippen LogP contribution in [0.3, 0.4) is 0 Å². The molecule has 1 heterocycles. The molecule has 1 amide bonds. The quantitative estimate of drug-likeness (QED) is 0.799. The number of halogens is 2. The smallest absolute Gasteiger partial charge is 0.223 e. The zero-order valence-electron chi connectivity index (χ0n) is 12.2. The highest BCUT2D eigenvalue weighted by atomic mass is 35.5. The number of carbonyl (C=O) groups is 1. The van der Waals surface area contributed by atoms with Crippen molar-refractivity contribution in [2.75, 3.05) is 25.4 Å². The van der Waals surface area contributed by atoms with E-state index in [9.17, 15) is 13.2 Å². The molecule has 1 aromatic carbocycles. The second kappa shape index (κ2) is 8.15. The monoisotopic (exact) mass is 366 g/mol. The third-order valence-electron chi connectivity index (χ3n) is 3.78. The first-order chi connectivity index (χ1) is 9.90. The second-order valence-corrected chi connectivity index (χ2v) is 7.82. The molecule has 1 unspecified atom stereocenters. The fraction of sp³-hybridized carbons (Fsp3) is 0.500. The summed E-state index contributed by atoms with van der Waals surface area (Å²) in [5, 5.41) is 6.30. The van der Waals surface area contributed by atoms with Gasteiger partial charge in [-0.15, -0.1) is 12.4 Å². The van der Waals surface area contributed by atoms with Gasteiger partial charge in [0.1, 0.15) is 0 Å². The molecule has 124 valence electrons. The van der Waals surface area contributed by atoms with Gasteiger partial charge >= 0.3 is 0 Å². The predicted octanol–water partition coefficient (Wildman–Crippen LogP) is 1.51. The zero-order chi connectivity index (χ0) is 15.5. The van der Waals surface area contributed by atoms with E-state index in [0.29, 0.717) is 10.9 Å². The Hall–Kier alpha value is -0.820. The summed E-state index contributed by atoms with van der Waals surface area (Å²) in [6.45, 7) is 3.68. The molecule has 0 saturated carbocycles. The van der Waals surface area contributed by atoms with Crippen molar-refractivity contribution in [3.63, 3.8) is 0 Å². The van der Waals surface area contributed by atoms with Crippen molar-refractivity contribution in [1.82, 2.24) is 10.6 Å². The molecule has 0 aliphatic carbocycles. The van der Waals surface area contributed by atoms with Crippen molar-refractivity contribution in [2.24, 2.45) is 11.8 Å². The van der Waals surface area contributed by atoms with Gasteiger partial charge in [-0.2, -0.15) is 0 Å². The van der Waals surface area contributed by atoms with E-state index in [4.69, 9.17) is 11.6 Å². The van der Waals surface area contributed by atoms with Crippen molar-refractivity contribution in [1.29, 1.82) is 0 Å². The van der Waals surface area contributed by atoms with Gasteiger partial charge in [0.2, 0.25) is 5.91 Å². The number of carbonyl (C=O) groups excluding carboxylic acids is 1. The number of benzene rings is 1. The topological polar surface area (TPSA) is 75.3 Å². The number of hydrogen-bond donors (Lipinski definition) is 2. The van der Waals surface area contributed by atoms with Gasteiger partial charge in [0, 0.05) is 17.5 Å². The molecule has 5 nitrogen and oxygen atoms in total. The largest absolute Gasteiger partial charge is 0.355 e. The molecular weight excluding hydrogens is 347 g/mol. The fourth-order valence-electron chi connectivity index (χ4n) is 2.11. The Morgan fingerprint density at radius 1 is 1.36 bits per heavy atom. The van der Waals surface area contributed by atoms with Crippen LogP contribution in [0, 0.1) is 11.8 Å². The third-order valence-corrected chi connectivity index (χ3v) is 5.76. The molecule has 8 heteroatoms. The van der Waals surface area contributed by atoms with Crippen molar-refractivity contribution in [2.45, 2.75) is 11.8 Å². The SMILES string of the molecule is CC(C(=O)NCCS(=O)(=O)c1ccc(Cl)cc1)C1CNC1.Cl. The van der Waals surface area contributed by atoms with Crippen LogP contribution in [0.4, 0.5) is 0 Å². The molecule has 1 aliphatic heterocycles. The summed E-state index contributed by atoms with van der Waals surface area (Å²) in [4.78, 5) is 12.1. The van der Waals surface area contributed by atoms with E-state index >= 15 is 0 Å². The molecule has 0 radical (unpaired) electrons. The van der Waals surface area contributed by atoms with E-state index in [1.54, 1.807) is 12.1 Å². The van der Waals surface area contributed by atoms with Crippen LogP contribution in [-0.2, 0) is 14.6 Å². The van der Waals surface area contributed by atoms with Gasteiger partial charge in [0.05, 0.1) is 10.6 Å². The Morgan fingerprint density at radius 2 is 1.95 bits per heavy atom. The normalized spacial score (nSPS) is 16.3. The van der Waals surface area contributed by atoms with Gasteiger partial charge in [-0.25, -0.2) is 8.42 Å². The number of hydrogen-bond acceptors (Lipinski definition) is 4. The van der Waals surface area contributed by atoms with Crippen molar-refractivity contribution in [3.05, 3.63) is 29.3 Å². The minimum Gasteiger partial charge on any atom is -0.355 e. The van der Waals surface area contributed by atoms with Crippen LogP contribution in [0.1, 0.15) is 6.92 Å². The molecule has 1 atom stereocenters. The summed E-state index contributed by atoms with van der Waals surface area (Å²) < 4.78 is 24.2. The molecule has 1 saturated heterocycles. The highest BCUT2D eigenvalue weighted by Crippen LogP contribution is 2.16. The summed E-state index contributed by atoms with van der Waals surface area (Å²) in [5.41, 5.74) is 0. The number of rotatable bonds is 6. The van der Waals surface area contributed by atoms with E-state index in [1.165, 1.54) is 12.1 Å². The van der Waals surface area contributed by atoms with E-state index < -0.39 is 9.84 Å². The Balaban J connectivity index is 0.00000242. The number of amides is 1. The summed E-state index contributed by atoms with van der Waals surface area (Å²) in [6, 6.07) is 6.03. The Labute approximate surface area is 142 Å². The van der Waals surface area contributed by atoms with Crippen LogP contribution < -0.4 is 10.6 Å². The average Bonchev–Trinajstić information content (AvgIpc) is 2.36. The molecule has 0 spiro atoms. The molecule has 22 heavy (non-hydrogen) atoms. The van der Waals surface area contributed by atoms with Gasteiger partial charge in [0.25, 0.3) is 0 Å². The van der Waals surface area contributed by atoms with Crippen LogP contribution in [0.5, 0.6) is 0 Å². The van der Waals surface area contributed by atoms with Crippen molar-refractivity contribution < 1.29 is 13.2 Å². The Morgan fingerprint density at radius 3 is 2.45 bits per heavy atom. The molecule has 2 N–H and O–H groups in total. The maximum Gasteiger partial charge on any atom is 0.223 e. The molecule has 0 bridgehead atoms. The molecule has 1 aliphatic rings. The van der Waals surface area contributed by atoms with E-state index in [1.807, 2.05) is 6.92 Å². The molecule has 1 aromatic rings. The van der Waals surface area contributed by atoms with Crippen LogP contribution in [0.2, 0.25) is 5.02 Å². The standard InChI is InChI=1S/C14H19ClN2O3S.ClH/c1-10(11-8-16-9-11)14(18)17-6-7-21(19,20)13-4-2-12(15)3-5-13;/h2-5,10-11,16H,6-9H2,1H3,(H,17,18);1H. The van der Waals surface area contributed by atoms with Gasteiger partial charge in [-0.05, 0) is 43.3 Å². The zero-order valence-corrected chi connectivity index (χ0v) is 14.6. The summed E-state index contributed by atoms with van der Waals surface area (Å²) in [7, 11) is -3.40. The lowest BCUT2D eigenvalue weighted by molar-refractivity contribution is -0.126. The minimum atomic E-state index is -3.40. The average molecular weight is 367 g/mol.